The van der Waals surface area contributed by atoms with E-state index >= 15 is 0 Å². The topological polar surface area (TPSA) is 109 Å². The summed E-state index contributed by atoms with van der Waals surface area (Å²) in [5, 5.41) is 12.2. The van der Waals surface area contributed by atoms with Crippen molar-refractivity contribution in [1.29, 1.82) is 5.26 Å². The quantitative estimate of drug-likeness (QED) is 0.611. The van der Waals surface area contributed by atoms with E-state index in [1.165, 1.54) is 6.07 Å². The largest absolute Gasteiger partial charge is 0.481 e. The molecular weight excluding hydrogens is 479 g/mol. The molecule has 0 saturated carbocycles. The van der Waals surface area contributed by atoms with E-state index in [1.54, 1.807) is 25.7 Å². The summed E-state index contributed by atoms with van der Waals surface area (Å²) in [6.45, 7) is 4.80. The minimum Gasteiger partial charge on any atom is -0.481 e. The molecule has 2 aromatic rings. The van der Waals surface area contributed by atoms with Gasteiger partial charge in [0.15, 0.2) is 0 Å². The van der Waals surface area contributed by atoms with Gasteiger partial charge in [-0.05, 0) is 57.4 Å². The first kappa shape index (κ1) is 26.8. The molecule has 1 atom stereocenters. The number of ether oxygens (including phenoxy) is 2. The number of alkyl halides is 2. The molecule has 36 heavy (non-hydrogen) atoms. The van der Waals surface area contributed by atoms with Crippen LogP contribution < -0.4 is 20.5 Å². The Labute approximate surface area is 206 Å². The fourth-order valence-corrected chi connectivity index (χ4v) is 3.84. The van der Waals surface area contributed by atoms with Gasteiger partial charge in [0.05, 0.1) is 24.4 Å². The molecule has 1 aliphatic rings. The van der Waals surface area contributed by atoms with Crippen LogP contribution in [0, 0.1) is 17.1 Å². The Balaban J connectivity index is 1.94. The summed E-state index contributed by atoms with van der Waals surface area (Å²) in [6.07, 6.45) is -0.985. The highest BCUT2D eigenvalue weighted by molar-refractivity contribution is 5.68. The fraction of sp³-hybridized carbons (Fsp3) is 0.500. The number of alkyl carbamates (subject to hydrolysis) is 1. The average Bonchev–Trinajstić information content (AvgIpc) is 2.78. The number of hydrogen-bond acceptors (Lipinski definition) is 7. The normalized spacial score (nSPS) is 15.9. The van der Waals surface area contributed by atoms with Gasteiger partial charge >= 0.3 is 6.09 Å². The molecule has 0 bridgehead atoms. The first-order valence-corrected chi connectivity index (χ1v) is 11.4. The standard InChI is InChI=1S/C24H28F3N5O4/c1-24(2,3)36-23(34)30-18-5-4-8-31(13-18)22-29-11-19(35-14-20(26)27)21(33)32(22)12-16-9-17(25)7-6-15(16)10-28/h6-7,9,11,18,20H,4-5,8,12-14H2,1-3H3,(H,30,34)/t18-/m1/s1. The third kappa shape index (κ3) is 7.13. The van der Waals surface area contributed by atoms with E-state index in [0.717, 1.165) is 22.9 Å². The van der Waals surface area contributed by atoms with Gasteiger partial charge in [0.1, 0.15) is 18.0 Å². The number of rotatable bonds is 7. The molecule has 0 radical (unpaired) electrons. The summed E-state index contributed by atoms with van der Waals surface area (Å²) in [4.78, 5) is 31.5. The van der Waals surface area contributed by atoms with Crippen LogP contribution in [-0.4, -0.2) is 53.4 Å². The van der Waals surface area contributed by atoms with Crippen molar-refractivity contribution >= 4 is 12.0 Å². The predicted octanol–water partition coefficient (Wildman–Crippen LogP) is 3.44. The molecule has 1 N–H and O–H groups in total. The minimum atomic E-state index is -2.80. The van der Waals surface area contributed by atoms with Gasteiger partial charge < -0.3 is 19.7 Å². The number of aromatic nitrogens is 2. The summed E-state index contributed by atoms with van der Waals surface area (Å²) in [5.41, 5.74) is -1.06. The van der Waals surface area contributed by atoms with Crippen molar-refractivity contribution < 1.29 is 27.4 Å². The Bertz CT molecular complexity index is 1190. The van der Waals surface area contributed by atoms with E-state index < -0.39 is 41.9 Å². The number of carbonyl (C=O) groups excluding carboxylic acids is 1. The molecule has 0 unspecified atom stereocenters. The second-order valence-corrected chi connectivity index (χ2v) is 9.36. The van der Waals surface area contributed by atoms with E-state index in [0.29, 0.717) is 19.4 Å². The fourth-order valence-electron chi connectivity index (χ4n) is 3.84. The van der Waals surface area contributed by atoms with Gasteiger partial charge in [0, 0.05) is 19.1 Å². The van der Waals surface area contributed by atoms with Crippen LogP contribution in [0.25, 0.3) is 0 Å². The first-order chi connectivity index (χ1) is 17.0. The van der Waals surface area contributed by atoms with Crippen LogP contribution in [0.3, 0.4) is 0 Å². The van der Waals surface area contributed by atoms with Crippen molar-refractivity contribution in [3.8, 4) is 11.8 Å². The van der Waals surface area contributed by atoms with Crippen LogP contribution in [0.15, 0.2) is 29.2 Å². The maximum absolute atomic E-state index is 13.9. The smallest absolute Gasteiger partial charge is 0.407 e. The molecule has 1 aromatic heterocycles. The summed E-state index contributed by atoms with van der Waals surface area (Å²) < 4.78 is 50.7. The van der Waals surface area contributed by atoms with Gasteiger partial charge in [-0.2, -0.15) is 5.26 Å². The van der Waals surface area contributed by atoms with Gasteiger partial charge in [-0.15, -0.1) is 0 Å². The van der Waals surface area contributed by atoms with Crippen LogP contribution in [0.5, 0.6) is 5.75 Å². The van der Waals surface area contributed by atoms with Crippen molar-refractivity contribution in [3.05, 3.63) is 51.7 Å². The molecule has 9 nitrogen and oxygen atoms in total. The van der Waals surface area contributed by atoms with Crippen LogP contribution >= 0.6 is 0 Å². The average molecular weight is 508 g/mol. The lowest BCUT2D eigenvalue weighted by atomic mass is 10.1. The number of carbonyl (C=O) groups is 1. The lowest BCUT2D eigenvalue weighted by Gasteiger charge is -2.35. The van der Waals surface area contributed by atoms with Crippen LogP contribution in [0.2, 0.25) is 0 Å². The third-order valence-corrected chi connectivity index (χ3v) is 5.30. The molecule has 1 amide bonds. The lowest BCUT2D eigenvalue weighted by Crippen LogP contribution is -2.50. The zero-order valence-corrected chi connectivity index (χ0v) is 20.3. The number of benzene rings is 1. The number of halogens is 3. The molecule has 1 aromatic carbocycles. The van der Waals surface area contributed by atoms with E-state index in [2.05, 4.69) is 10.3 Å². The second-order valence-electron chi connectivity index (χ2n) is 9.36. The monoisotopic (exact) mass is 507 g/mol. The maximum atomic E-state index is 13.9. The number of piperidine rings is 1. The number of amides is 1. The zero-order valence-electron chi connectivity index (χ0n) is 20.3. The van der Waals surface area contributed by atoms with Crippen molar-refractivity contribution in [1.82, 2.24) is 14.9 Å². The highest BCUT2D eigenvalue weighted by atomic mass is 19.3. The number of nitrogens with one attached hydrogen (secondary N) is 1. The molecular formula is C24H28F3N5O4. The van der Waals surface area contributed by atoms with Gasteiger partial charge in [-0.3, -0.25) is 9.36 Å². The third-order valence-electron chi connectivity index (χ3n) is 5.30. The molecule has 3 rings (SSSR count). The Morgan fingerprint density at radius 3 is 2.78 bits per heavy atom. The molecule has 1 saturated heterocycles. The van der Waals surface area contributed by atoms with Gasteiger partial charge in [-0.25, -0.2) is 22.9 Å². The molecule has 1 aliphatic heterocycles. The highest BCUT2D eigenvalue weighted by Crippen LogP contribution is 2.21. The Kier molecular flexibility index (Phi) is 8.45. The molecule has 0 aliphatic carbocycles. The summed E-state index contributed by atoms with van der Waals surface area (Å²) in [6, 6.07) is 5.20. The number of nitrogens with zero attached hydrogens (tertiary/aromatic N) is 4. The molecule has 1 fully saturated rings. The Morgan fingerprint density at radius 2 is 2.11 bits per heavy atom. The van der Waals surface area contributed by atoms with E-state index in [1.807, 2.05) is 6.07 Å². The van der Waals surface area contributed by atoms with E-state index in [-0.39, 0.29) is 36.2 Å². The SMILES string of the molecule is CC(C)(C)OC(=O)N[C@@H]1CCCN(c2ncc(OCC(F)F)c(=O)n2Cc2cc(F)ccc2C#N)C1. The van der Waals surface area contributed by atoms with Gasteiger partial charge in [0.2, 0.25) is 11.7 Å². The van der Waals surface area contributed by atoms with E-state index in [4.69, 9.17) is 9.47 Å². The number of nitriles is 1. The summed E-state index contributed by atoms with van der Waals surface area (Å²) in [7, 11) is 0. The summed E-state index contributed by atoms with van der Waals surface area (Å²) in [5.74, 6) is -0.820. The number of hydrogen-bond donors (Lipinski definition) is 1. The Morgan fingerprint density at radius 1 is 1.36 bits per heavy atom. The molecule has 2 heterocycles. The van der Waals surface area contributed by atoms with Gasteiger partial charge in [0.25, 0.3) is 12.0 Å². The van der Waals surface area contributed by atoms with Gasteiger partial charge in [-0.1, -0.05) is 0 Å². The highest BCUT2D eigenvalue weighted by Gasteiger charge is 2.27. The van der Waals surface area contributed by atoms with Crippen LogP contribution in [0.4, 0.5) is 23.9 Å². The van der Waals surface area contributed by atoms with Crippen LogP contribution in [-0.2, 0) is 11.3 Å². The Hall–Kier alpha value is -3.75. The first-order valence-electron chi connectivity index (χ1n) is 11.4. The molecule has 12 heteroatoms. The van der Waals surface area contributed by atoms with Crippen molar-refractivity contribution in [3.63, 3.8) is 0 Å². The summed E-state index contributed by atoms with van der Waals surface area (Å²) >= 11 is 0. The van der Waals surface area contributed by atoms with E-state index in [9.17, 15) is 28.0 Å². The maximum Gasteiger partial charge on any atom is 0.407 e. The second kappa shape index (κ2) is 11.3. The number of anilines is 1. The predicted molar refractivity (Wildman–Crippen MR) is 125 cm³/mol. The molecule has 194 valence electrons. The minimum absolute atomic E-state index is 0.149. The van der Waals surface area contributed by atoms with Crippen molar-refractivity contribution in [2.24, 2.45) is 0 Å². The zero-order chi connectivity index (χ0) is 26.5. The molecule has 0 spiro atoms. The van der Waals surface area contributed by atoms with Crippen LogP contribution in [0.1, 0.15) is 44.7 Å². The van der Waals surface area contributed by atoms with Crippen molar-refractivity contribution in [2.45, 2.75) is 58.2 Å². The lowest BCUT2D eigenvalue weighted by molar-refractivity contribution is 0.0499. The van der Waals surface area contributed by atoms with Crippen molar-refractivity contribution in [2.75, 3.05) is 24.6 Å².